The van der Waals surface area contributed by atoms with E-state index < -0.39 is 17.4 Å². The fraction of sp³-hybridized carbons (Fsp3) is 0. The van der Waals surface area contributed by atoms with Crippen molar-refractivity contribution in [3.63, 3.8) is 0 Å². The summed E-state index contributed by atoms with van der Waals surface area (Å²) < 4.78 is 6.51. The summed E-state index contributed by atoms with van der Waals surface area (Å²) in [7, 11) is 0. The molecule has 7 nitrogen and oxygen atoms in total. The summed E-state index contributed by atoms with van der Waals surface area (Å²) >= 11 is 6.62. The quantitative estimate of drug-likeness (QED) is 0.446. The summed E-state index contributed by atoms with van der Waals surface area (Å²) in [4.78, 5) is 39.9. The van der Waals surface area contributed by atoms with E-state index in [4.69, 9.17) is 4.42 Å². The van der Waals surface area contributed by atoms with E-state index in [1.165, 1.54) is 30.6 Å². The van der Waals surface area contributed by atoms with Gasteiger partial charge in [-0.1, -0.05) is 15.9 Å². The molecule has 3 aromatic rings. The highest BCUT2D eigenvalue weighted by atomic mass is 79.9. The Morgan fingerprint density at radius 3 is 2.40 bits per heavy atom. The topological polar surface area (TPSA) is 101 Å². The fourth-order valence-electron chi connectivity index (χ4n) is 2.07. The van der Waals surface area contributed by atoms with E-state index in [1.54, 1.807) is 12.1 Å². The summed E-state index contributed by atoms with van der Waals surface area (Å²) in [6, 6.07) is 7.79. The van der Waals surface area contributed by atoms with E-state index in [9.17, 15) is 14.4 Å². The molecule has 2 heterocycles. The lowest BCUT2D eigenvalue weighted by molar-refractivity contribution is 0.0844. The number of halogens is 2. The molecule has 0 unspecified atom stereocenters. The van der Waals surface area contributed by atoms with Gasteiger partial charge in [-0.15, -0.1) is 0 Å². The van der Waals surface area contributed by atoms with Crippen LogP contribution in [-0.4, -0.2) is 16.8 Å². The van der Waals surface area contributed by atoms with Crippen LogP contribution in [0.4, 0.5) is 0 Å². The van der Waals surface area contributed by atoms with Gasteiger partial charge in [-0.3, -0.25) is 25.4 Å². The minimum Gasteiger partial charge on any atom is -0.421 e. The van der Waals surface area contributed by atoms with Gasteiger partial charge in [0.1, 0.15) is 5.56 Å². The molecule has 126 valence electrons. The van der Waals surface area contributed by atoms with E-state index in [-0.39, 0.29) is 5.56 Å². The Bertz CT molecular complexity index is 1030. The zero-order chi connectivity index (χ0) is 18.0. The van der Waals surface area contributed by atoms with Crippen LogP contribution in [0.5, 0.6) is 0 Å². The average Bonchev–Trinajstić information content (AvgIpc) is 2.60. The first-order valence-corrected chi connectivity index (χ1v) is 8.48. The maximum atomic E-state index is 12.2. The van der Waals surface area contributed by atoms with Crippen LogP contribution in [0.15, 0.2) is 60.9 Å². The fourth-order valence-corrected chi connectivity index (χ4v) is 3.41. The zero-order valence-corrected chi connectivity index (χ0v) is 15.5. The molecule has 0 spiro atoms. The number of benzene rings is 1. The van der Waals surface area contributed by atoms with Crippen molar-refractivity contribution in [1.82, 2.24) is 15.8 Å². The van der Waals surface area contributed by atoms with Crippen molar-refractivity contribution >= 4 is 54.6 Å². The first-order chi connectivity index (χ1) is 12.0. The number of fused-ring (bicyclic) bond motifs is 1. The molecule has 0 aliphatic heterocycles. The van der Waals surface area contributed by atoms with Crippen LogP contribution in [-0.2, 0) is 0 Å². The van der Waals surface area contributed by atoms with Gasteiger partial charge in [0.05, 0.1) is 4.47 Å². The highest BCUT2D eigenvalue weighted by Crippen LogP contribution is 2.27. The van der Waals surface area contributed by atoms with Gasteiger partial charge >= 0.3 is 5.63 Å². The van der Waals surface area contributed by atoms with E-state index in [1.807, 2.05) is 0 Å². The third-order valence-electron chi connectivity index (χ3n) is 3.23. The number of hydrogen-bond acceptors (Lipinski definition) is 5. The molecule has 2 N–H and O–H groups in total. The van der Waals surface area contributed by atoms with E-state index in [0.717, 1.165) is 4.47 Å². The number of hydrazine groups is 1. The molecule has 0 bridgehead atoms. The lowest BCUT2D eigenvalue weighted by atomic mass is 10.2. The Morgan fingerprint density at radius 2 is 1.68 bits per heavy atom. The van der Waals surface area contributed by atoms with Crippen LogP contribution in [0.1, 0.15) is 20.7 Å². The zero-order valence-electron chi connectivity index (χ0n) is 12.4. The van der Waals surface area contributed by atoms with Crippen LogP contribution in [0.25, 0.3) is 11.0 Å². The molecular weight excluding hydrogens is 458 g/mol. The Balaban J connectivity index is 1.84. The van der Waals surface area contributed by atoms with Gasteiger partial charge in [0.2, 0.25) is 0 Å². The van der Waals surface area contributed by atoms with Gasteiger partial charge in [-0.05, 0) is 46.3 Å². The Kier molecular flexibility index (Phi) is 4.95. The van der Waals surface area contributed by atoms with Crippen molar-refractivity contribution in [3.8, 4) is 0 Å². The van der Waals surface area contributed by atoms with E-state index in [0.29, 0.717) is 21.0 Å². The molecule has 2 amide bonds. The second-order valence-corrected chi connectivity index (χ2v) is 6.67. The number of amides is 2. The number of rotatable bonds is 2. The number of carbonyl (C=O) groups excluding carboxylic acids is 2. The SMILES string of the molecule is O=C(NNC(=O)c1cc2cc(Br)cc(Br)c2oc1=O)c1ccncc1. The first-order valence-electron chi connectivity index (χ1n) is 6.89. The summed E-state index contributed by atoms with van der Waals surface area (Å²) in [6.45, 7) is 0. The van der Waals surface area contributed by atoms with Crippen LogP contribution in [0, 0.1) is 0 Å². The van der Waals surface area contributed by atoms with Crippen LogP contribution in [0.2, 0.25) is 0 Å². The average molecular weight is 467 g/mol. The van der Waals surface area contributed by atoms with E-state index >= 15 is 0 Å². The van der Waals surface area contributed by atoms with Gasteiger partial charge in [0, 0.05) is 27.8 Å². The molecule has 0 aliphatic carbocycles. The largest absolute Gasteiger partial charge is 0.421 e. The maximum Gasteiger partial charge on any atom is 0.349 e. The molecule has 9 heteroatoms. The summed E-state index contributed by atoms with van der Waals surface area (Å²) in [5.74, 6) is -1.32. The number of carbonyl (C=O) groups is 2. The predicted molar refractivity (Wildman–Crippen MR) is 97.1 cm³/mol. The van der Waals surface area contributed by atoms with E-state index in [2.05, 4.69) is 47.7 Å². The second kappa shape index (κ2) is 7.16. The van der Waals surface area contributed by atoms with Crippen molar-refractivity contribution in [2.45, 2.75) is 0 Å². The minimum absolute atomic E-state index is 0.229. The van der Waals surface area contributed by atoms with Gasteiger partial charge < -0.3 is 4.42 Å². The summed E-state index contributed by atoms with van der Waals surface area (Å²) in [5.41, 5.74) is 4.01. The number of pyridine rings is 1. The summed E-state index contributed by atoms with van der Waals surface area (Å²) in [6.07, 6.45) is 2.90. The molecule has 0 radical (unpaired) electrons. The number of nitrogens with one attached hydrogen (secondary N) is 2. The van der Waals surface area contributed by atoms with Gasteiger partial charge in [0.15, 0.2) is 5.58 Å². The van der Waals surface area contributed by atoms with Crippen molar-refractivity contribution in [1.29, 1.82) is 0 Å². The Morgan fingerprint density at radius 1 is 1.00 bits per heavy atom. The summed E-state index contributed by atoms with van der Waals surface area (Å²) in [5, 5.41) is 0.548. The molecule has 0 fully saturated rings. The highest BCUT2D eigenvalue weighted by Gasteiger charge is 2.16. The molecule has 2 aromatic heterocycles. The van der Waals surface area contributed by atoms with Crippen LogP contribution >= 0.6 is 31.9 Å². The molecule has 1 aromatic carbocycles. The molecule has 0 saturated heterocycles. The molecule has 0 aliphatic rings. The number of nitrogens with zero attached hydrogens (tertiary/aromatic N) is 1. The van der Waals surface area contributed by atoms with Crippen molar-refractivity contribution in [2.75, 3.05) is 0 Å². The first kappa shape index (κ1) is 17.3. The van der Waals surface area contributed by atoms with Crippen molar-refractivity contribution in [2.24, 2.45) is 0 Å². The molecule has 0 atom stereocenters. The molecule has 25 heavy (non-hydrogen) atoms. The smallest absolute Gasteiger partial charge is 0.349 e. The molecule has 0 saturated carbocycles. The predicted octanol–water partition coefficient (Wildman–Crippen LogP) is 2.79. The highest BCUT2D eigenvalue weighted by molar-refractivity contribution is 9.11. The van der Waals surface area contributed by atoms with Crippen molar-refractivity contribution in [3.05, 3.63) is 73.2 Å². The molecular formula is C16H9Br2N3O4. The van der Waals surface area contributed by atoms with Gasteiger partial charge in [-0.2, -0.15) is 0 Å². The molecule has 3 rings (SSSR count). The standard InChI is InChI=1S/C16H9Br2N3O4/c17-10-5-9-6-11(16(24)25-13(9)12(18)7-10)15(23)21-20-14(22)8-1-3-19-4-2-8/h1-7H,(H,20,22)(H,21,23). The number of aromatic nitrogens is 1. The lowest BCUT2D eigenvalue weighted by Crippen LogP contribution is -2.43. The third-order valence-corrected chi connectivity index (χ3v) is 4.28. The normalized spacial score (nSPS) is 10.5. The third kappa shape index (κ3) is 3.77. The minimum atomic E-state index is -0.814. The lowest BCUT2D eigenvalue weighted by Gasteiger charge is -2.07. The van der Waals surface area contributed by atoms with Gasteiger partial charge in [-0.25, -0.2) is 4.79 Å². The van der Waals surface area contributed by atoms with Crippen molar-refractivity contribution < 1.29 is 14.0 Å². The number of hydrogen-bond donors (Lipinski definition) is 2. The van der Waals surface area contributed by atoms with Gasteiger partial charge in [0.25, 0.3) is 11.8 Å². The Labute approximate surface area is 157 Å². The second-order valence-electron chi connectivity index (χ2n) is 4.90. The van der Waals surface area contributed by atoms with Crippen LogP contribution in [0.3, 0.4) is 0 Å². The monoisotopic (exact) mass is 465 g/mol. The van der Waals surface area contributed by atoms with Crippen LogP contribution < -0.4 is 16.5 Å². The maximum absolute atomic E-state index is 12.2. The Hall–Kier alpha value is -2.52.